The molecule has 1 aliphatic rings. The number of piperidine rings is 1. The van der Waals surface area contributed by atoms with E-state index in [2.05, 4.69) is 24.9 Å². The van der Waals surface area contributed by atoms with E-state index >= 15 is 0 Å². The summed E-state index contributed by atoms with van der Waals surface area (Å²) in [4.78, 5) is 0. The summed E-state index contributed by atoms with van der Waals surface area (Å²) in [6.07, 6.45) is 8.48. The summed E-state index contributed by atoms with van der Waals surface area (Å²) >= 11 is 0. The van der Waals surface area contributed by atoms with E-state index < -0.39 is 0 Å². The molecule has 1 saturated heterocycles. The van der Waals surface area contributed by atoms with Gasteiger partial charge in [0.15, 0.2) is 0 Å². The lowest BCUT2D eigenvalue weighted by molar-refractivity contribution is 0.668. The summed E-state index contributed by atoms with van der Waals surface area (Å²) in [5.74, 6) is 0. The average molecular weight is 179 g/mol. The standard InChI is InChI=1S/C10H15N.C2H6/c1-3-6-10-9(4-2)7-5-8-11-10;1-2/h3-4,6,11H,1,5,7-8H2,2H3;1-2H3/b9-4-,10-6+;. The maximum atomic E-state index is 3.68. The van der Waals surface area contributed by atoms with Gasteiger partial charge < -0.3 is 5.32 Å². The van der Waals surface area contributed by atoms with Crippen molar-refractivity contribution in [2.24, 2.45) is 0 Å². The summed E-state index contributed by atoms with van der Waals surface area (Å²) in [6.45, 7) is 10.9. The molecule has 0 spiro atoms. The van der Waals surface area contributed by atoms with Crippen LogP contribution in [0.1, 0.15) is 33.6 Å². The first-order valence-corrected chi connectivity index (χ1v) is 5.10. The highest BCUT2D eigenvalue weighted by Crippen LogP contribution is 2.17. The van der Waals surface area contributed by atoms with E-state index in [4.69, 9.17) is 0 Å². The van der Waals surface area contributed by atoms with E-state index in [-0.39, 0.29) is 0 Å². The van der Waals surface area contributed by atoms with Gasteiger partial charge in [0.05, 0.1) is 0 Å². The van der Waals surface area contributed by atoms with Gasteiger partial charge in [0.1, 0.15) is 0 Å². The predicted molar refractivity (Wildman–Crippen MR) is 60.6 cm³/mol. The monoisotopic (exact) mass is 179 g/mol. The summed E-state index contributed by atoms with van der Waals surface area (Å²) < 4.78 is 0. The lowest BCUT2D eigenvalue weighted by atomic mass is 10.0. The Morgan fingerprint density at radius 1 is 1.38 bits per heavy atom. The van der Waals surface area contributed by atoms with E-state index in [1.807, 2.05) is 26.0 Å². The molecule has 74 valence electrons. The van der Waals surface area contributed by atoms with Crippen molar-refractivity contribution >= 4 is 0 Å². The van der Waals surface area contributed by atoms with Gasteiger partial charge in [0.25, 0.3) is 0 Å². The Hall–Kier alpha value is -0.980. The maximum absolute atomic E-state index is 3.68. The molecule has 0 radical (unpaired) electrons. The fraction of sp³-hybridized carbons (Fsp3) is 0.500. The van der Waals surface area contributed by atoms with Gasteiger partial charge in [-0.3, -0.25) is 0 Å². The second-order valence-electron chi connectivity index (χ2n) is 2.66. The van der Waals surface area contributed by atoms with Gasteiger partial charge in [-0.15, -0.1) is 0 Å². The number of hydrogen-bond acceptors (Lipinski definition) is 1. The minimum atomic E-state index is 1.09. The van der Waals surface area contributed by atoms with Gasteiger partial charge >= 0.3 is 0 Å². The number of allylic oxidation sites excluding steroid dienone is 4. The van der Waals surface area contributed by atoms with E-state index in [1.54, 1.807) is 0 Å². The van der Waals surface area contributed by atoms with Crippen molar-refractivity contribution in [2.75, 3.05) is 6.54 Å². The lowest BCUT2D eigenvalue weighted by Gasteiger charge is -2.19. The third-order valence-electron chi connectivity index (χ3n) is 1.92. The summed E-state index contributed by atoms with van der Waals surface area (Å²) in [5.41, 5.74) is 2.66. The molecule has 1 rings (SSSR count). The molecule has 13 heavy (non-hydrogen) atoms. The van der Waals surface area contributed by atoms with Crippen LogP contribution in [0.4, 0.5) is 0 Å². The van der Waals surface area contributed by atoms with Crippen LogP contribution < -0.4 is 5.32 Å². The molecule has 1 N–H and O–H groups in total. The van der Waals surface area contributed by atoms with Crippen molar-refractivity contribution < 1.29 is 0 Å². The quantitative estimate of drug-likeness (QED) is 0.650. The van der Waals surface area contributed by atoms with Crippen molar-refractivity contribution in [1.82, 2.24) is 5.32 Å². The van der Waals surface area contributed by atoms with Crippen molar-refractivity contribution in [3.63, 3.8) is 0 Å². The molecular formula is C12H21N. The van der Waals surface area contributed by atoms with Crippen LogP contribution >= 0.6 is 0 Å². The van der Waals surface area contributed by atoms with E-state index in [0.29, 0.717) is 0 Å². The minimum absolute atomic E-state index is 1.09. The number of nitrogens with one attached hydrogen (secondary N) is 1. The fourth-order valence-corrected chi connectivity index (χ4v) is 1.33. The lowest BCUT2D eigenvalue weighted by Crippen LogP contribution is -2.21. The second kappa shape index (κ2) is 7.66. The summed E-state index contributed by atoms with van der Waals surface area (Å²) in [5, 5.41) is 3.34. The van der Waals surface area contributed by atoms with Crippen LogP contribution in [0.3, 0.4) is 0 Å². The van der Waals surface area contributed by atoms with Crippen LogP contribution in [0.25, 0.3) is 0 Å². The number of rotatable bonds is 1. The van der Waals surface area contributed by atoms with Gasteiger partial charge in [-0.1, -0.05) is 32.6 Å². The fourth-order valence-electron chi connectivity index (χ4n) is 1.33. The van der Waals surface area contributed by atoms with Crippen LogP contribution in [0.5, 0.6) is 0 Å². The molecule has 0 atom stereocenters. The van der Waals surface area contributed by atoms with Crippen LogP contribution in [-0.4, -0.2) is 6.54 Å². The average Bonchev–Trinajstić information content (AvgIpc) is 2.22. The Kier molecular flexibility index (Phi) is 7.08. The molecular weight excluding hydrogens is 158 g/mol. The molecule has 1 aliphatic heterocycles. The number of hydrogen-bond donors (Lipinski definition) is 1. The highest BCUT2D eigenvalue weighted by Gasteiger charge is 2.07. The minimum Gasteiger partial charge on any atom is -0.385 e. The normalized spacial score (nSPS) is 21.8. The van der Waals surface area contributed by atoms with E-state index in [1.165, 1.54) is 24.1 Å². The Bertz CT molecular complexity index is 199. The second-order valence-corrected chi connectivity index (χ2v) is 2.66. The Balaban J connectivity index is 0.000000671. The molecule has 0 aliphatic carbocycles. The molecule has 0 aromatic carbocycles. The molecule has 0 unspecified atom stereocenters. The van der Waals surface area contributed by atoms with Crippen LogP contribution in [0.2, 0.25) is 0 Å². The van der Waals surface area contributed by atoms with Gasteiger partial charge in [0.2, 0.25) is 0 Å². The Morgan fingerprint density at radius 2 is 2.08 bits per heavy atom. The van der Waals surface area contributed by atoms with Crippen molar-refractivity contribution in [2.45, 2.75) is 33.6 Å². The van der Waals surface area contributed by atoms with E-state index in [0.717, 1.165) is 6.54 Å². The molecule has 0 aromatic rings. The Morgan fingerprint density at radius 3 is 2.62 bits per heavy atom. The van der Waals surface area contributed by atoms with Crippen LogP contribution in [-0.2, 0) is 0 Å². The van der Waals surface area contributed by atoms with Gasteiger partial charge in [-0.25, -0.2) is 0 Å². The topological polar surface area (TPSA) is 12.0 Å². The molecule has 0 amide bonds. The first kappa shape index (κ1) is 12.0. The van der Waals surface area contributed by atoms with Crippen molar-refractivity contribution in [3.05, 3.63) is 36.1 Å². The van der Waals surface area contributed by atoms with Gasteiger partial charge in [0, 0.05) is 12.2 Å². The first-order chi connectivity index (χ1) is 6.38. The highest BCUT2D eigenvalue weighted by molar-refractivity contribution is 5.33. The summed E-state index contributed by atoms with van der Waals surface area (Å²) in [6, 6.07) is 0. The molecule has 0 aromatic heterocycles. The van der Waals surface area contributed by atoms with E-state index in [9.17, 15) is 0 Å². The molecule has 0 saturated carbocycles. The predicted octanol–water partition coefficient (Wildman–Crippen LogP) is 3.41. The van der Waals surface area contributed by atoms with Crippen LogP contribution in [0, 0.1) is 0 Å². The summed E-state index contributed by atoms with van der Waals surface area (Å²) in [7, 11) is 0. The zero-order valence-corrected chi connectivity index (χ0v) is 9.06. The largest absolute Gasteiger partial charge is 0.385 e. The SMILES string of the molecule is C=C/C=C1/NCCC/C1=C/C.CC. The zero-order valence-electron chi connectivity index (χ0n) is 9.06. The maximum Gasteiger partial charge on any atom is 0.0369 e. The molecule has 0 bridgehead atoms. The van der Waals surface area contributed by atoms with Gasteiger partial charge in [-0.2, -0.15) is 0 Å². The third-order valence-corrected chi connectivity index (χ3v) is 1.92. The molecule has 1 heteroatoms. The van der Waals surface area contributed by atoms with Crippen molar-refractivity contribution in [3.8, 4) is 0 Å². The molecule has 1 heterocycles. The highest BCUT2D eigenvalue weighted by atomic mass is 14.9. The molecule has 1 fully saturated rings. The van der Waals surface area contributed by atoms with Crippen LogP contribution in [0.15, 0.2) is 36.1 Å². The smallest absolute Gasteiger partial charge is 0.0369 e. The zero-order chi connectivity index (χ0) is 10.1. The Labute approximate surface area is 82.2 Å². The third kappa shape index (κ3) is 3.97. The first-order valence-electron chi connectivity index (χ1n) is 5.10. The van der Waals surface area contributed by atoms with Crippen molar-refractivity contribution in [1.29, 1.82) is 0 Å². The molecule has 1 nitrogen and oxygen atoms in total. The van der Waals surface area contributed by atoms with Gasteiger partial charge in [-0.05, 0) is 31.4 Å².